The fourth-order valence-electron chi connectivity index (χ4n) is 1.95. The number of carbonyl (C=O) groups is 2. The third-order valence-corrected chi connectivity index (χ3v) is 5.08. The van der Waals surface area contributed by atoms with E-state index in [4.69, 9.17) is 4.74 Å². The number of hydrogen-bond donors (Lipinski definition) is 1. The van der Waals surface area contributed by atoms with E-state index in [0.29, 0.717) is 15.6 Å². The van der Waals surface area contributed by atoms with Crippen molar-refractivity contribution in [2.45, 2.75) is 13.0 Å². The lowest BCUT2D eigenvalue weighted by Gasteiger charge is -2.13. The lowest BCUT2D eigenvalue weighted by Crippen LogP contribution is -2.34. The Morgan fingerprint density at radius 1 is 1.42 bits per heavy atom. The Hall–Kier alpha value is -1.91. The molecule has 10 heteroatoms. The highest BCUT2D eigenvalue weighted by molar-refractivity contribution is 8.16. The quantitative estimate of drug-likeness (QED) is 0.761. The number of aliphatic hydroxyl groups excluding tert-OH is 1. The van der Waals surface area contributed by atoms with E-state index in [0.717, 1.165) is 18.0 Å². The molecule has 1 unspecified atom stereocenters. The second kappa shape index (κ2) is 7.32. The molecular weight excluding hydrogens is 356 g/mol. The number of thioether (sulfide) groups is 1. The van der Waals surface area contributed by atoms with Crippen LogP contribution in [0.4, 0.5) is 5.69 Å². The number of esters is 1. The van der Waals surface area contributed by atoms with E-state index in [1.165, 1.54) is 24.3 Å². The normalized spacial score (nSPS) is 18.0. The summed E-state index contributed by atoms with van der Waals surface area (Å²) in [5.41, 5.74) is 0.716. The van der Waals surface area contributed by atoms with Gasteiger partial charge in [0.05, 0.1) is 24.3 Å². The van der Waals surface area contributed by atoms with Gasteiger partial charge in [-0.05, 0) is 24.6 Å². The number of aliphatic imine (C=N–C) groups is 1. The first-order valence-corrected chi connectivity index (χ1v) is 9.76. The van der Waals surface area contributed by atoms with Crippen LogP contribution in [0.2, 0.25) is 0 Å². The molecule has 130 valence electrons. The molecule has 24 heavy (non-hydrogen) atoms. The molecule has 0 aliphatic carbocycles. The Labute approximate surface area is 143 Å². The molecule has 1 aromatic rings. The van der Waals surface area contributed by atoms with Gasteiger partial charge in [0.25, 0.3) is 5.91 Å². The Balaban J connectivity index is 2.22. The summed E-state index contributed by atoms with van der Waals surface area (Å²) in [6, 6.07) is 5.98. The molecule has 8 nitrogen and oxygen atoms in total. The van der Waals surface area contributed by atoms with Crippen LogP contribution in [0, 0.1) is 0 Å². The zero-order valence-electron chi connectivity index (χ0n) is 13.0. The molecule has 0 saturated carbocycles. The maximum absolute atomic E-state index is 11.7. The summed E-state index contributed by atoms with van der Waals surface area (Å²) < 4.78 is 28.7. The minimum absolute atomic E-state index is 0.00552. The van der Waals surface area contributed by atoms with Crippen molar-refractivity contribution in [3.8, 4) is 0 Å². The van der Waals surface area contributed by atoms with Gasteiger partial charge in [0.1, 0.15) is 0 Å². The van der Waals surface area contributed by atoms with Gasteiger partial charge >= 0.3 is 5.97 Å². The van der Waals surface area contributed by atoms with Crippen LogP contribution in [0.25, 0.3) is 0 Å². The number of benzene rings is 1. The standard InChI is InChI=1S/C14H16N2O6S2/c1-3-22-13(19)12(18)9-4-6-10(7-5-9)15-14-16(24(2,20)21)11(17)8-23-14/h4-7,12,18H,3,8H2,1-2H3/b15-14-. The number of sulfonamides is 1. The molecular formula is C14H16N2O6S2. The molecule has 1 saturated heterocycles. The molecule has 1 aliphatic heterocycles. The highest BCUT2D eigenvalue weighted by Gasteiger charge is 2.35. The van der Waals surface area contributed by atoms with Crippen LogP contribution in [-0.2, 0) is 24.3 Å². The zero-order valence-corrected chi connectivity index (χ0v) is 14.6. The molecule has 1 heterocycles. The summed E-state index contributed by atoms with van der Waals surface area (Å²) >= 11 is 1.03. The molecule has 0 radical (unpaired) electrons. The van der Waals surface area contributed by atoms with E-state index < -0.39 is 28.0 Å². The number of aliphatic hydroxyl groups is 1. The highest BCUT2D eigenvalue weighted by Crippen LogP contribution is 2.26. The Bertz CT molecular complexity index is 773. The first-order valence-electron chi connectivity index (χ1n) is 6.93. The van der Waals surface area contributed by atoms with Crippen molar-refractivity contribution in [3.05, 3.63) is 29.8 Å². The van der Waals surface area contributed by atoms with Crippen molar-refractivity contribution in [3.63, 3.8) is 0 Å². The number of ether oxygens (including phenoxy) is 1. The number of rotatable bonds is 5. The molecule has 0 aromatic heterocycles. The largest absolute Gasteiger partial charge is 0.464 e. The van der Waals surface area contributed by atoms with Crippen LogP contribution < -0.4 is 0 Å². The van der Waals surface area contributed by atoms with Crippen molar-refractivity contribution in [2.75, 3.05) is 18.6 Å². The van der Waals surface area contributed by atoms with Crippen molar-refractivity contribution >= 4 is 44.5 Å². The summed E-state index contributed by atoms with van der Waals surface area (Å²) in [5.74, 6) is -1.29. The Morgan fingerprint density at radius 2 is 2.04 bits per heavy atom. The van der Waals surface area contributed by atoms with Crippen molar-refractivity contribution in [2.24, 2.45) is 4.99 Å². The second-order valence-corrected chi connectivity index (χ2v) is 7.62. The third-order valence-electron chi connectivity index (χ3n) is 3.00. The molecule has 1 atom stereocenters. The molecule has 1 aromatic carbocycles. The predicted molar refractivity (Wildman–Crippen MR) is 89.3 cm³/mol. The van der Waals surface area contributed by atoms with E-state index in [1.54, 1.807) is 6.92 Å². The number of carbonyl (C=O) groups excluding carboxylic acids is 2. The van der Waals surface area contributed by atoms with Crippen LogP contribution in [0.1, 0.15) is 18.6 Å². The van der Waals surface area contributed by atoms with E-state index in [9.17, 15) is 23.1 Å². The average molecular weight is 372 g/mol. The van der Waals surface area contributed by atoms with E-state index in [2.05, 4.69) is 4.99 Å². The van der Waals surface area contributed by atoms with Gasteiger partial charge in [-0.25, -0.2) is 18.2 Å². The number of hydrogen-bond acceptors (Lipinski definition) is 8. The average Bonchev–Trinajstić information content (AvgIpc) is 2.88. The van der Waals surface area contributed by atoms with Gasteiger partial charge in [0.15, 0.2) is 11.3 Å². The molecule has 2 rings (SSSR count). The molecule has 1 fully saturated rings. The maximum Gasteiger partial charge on any atom is 0.339 e. The van der Waals surface area contributed by atoms with Crippen LogP contribution in [0.15, 0.2) is 29.3 Å². The van der Waals surface area contributed by atoms with Gasteiger partial charge in [-0.1, -0.05) is 23.9 Å². The topological polar surface area (TPSA) is 113 Å². The number of nitrogens with zero attached hydrogens (tertiary/aromatic N) is 2. The summed E-state index contributed by atoms with van der Waals surface area (Å²) in [6.45, 7) is 1.80. The smallest absolute Gasteiger partial charge is 0.339 e. The SMILES string of the molecule is CCOC(=O)C(O)c1ccc(/N=C2\SCC(=O)N2S(C)(=O)=O)cc1. The fraction of sp³-hybridized carbons (Fsp3) is 0.357. The van der Waals surface area contributed by atoms with Crippen LogP contribution in [0.3, 0.4) is 0 Å². The van der Waals surface area contributed by atoms with Crippen molar-refractivity contribution in [1.29, 1.82) is 0 Å². The van der Waals surface area contributed by atoms with Crippen LogP contribution >= 0.6 is 11.8 Å². The van der Waals surface area contributed by atoms with Crippen LogP contribution in [-0.4, -0.2) is 53.5 Å². The van der Waals surface area contributed by atoms with Crippen molar-refractivity contribution in [1.82, 2.24) is 4.31 Å². The molecule has 0 bridgehead atoms. The monoisotopic (exact) mass is 372 g/mol. The fourth-order valence-corrected chi connectivity index (χ4v) is 4.13. The van der Waals surface area contributed by atoms with Gasteiger partial charge < -0.3 is 9.84 Å². The summed E-state index contributed by atoms with van der Waals surface area (Å²) in [7, 11) is -3.73. The molecule has 1 amide bonds. The van der Waals surface area contributed by atoms with Gasteiger partial charge in [0, 0.05) is 0 Å². The number of amidine groups is 1. The second-order valence-electron chi connectivity index (χ2n) is 4.85. The minimum atomic E-state index is -3.73. The summed E-state index contributed by atoms with van der Waals surface area (Å²) in [6.07, 6.45) is -0.466. The maximum atomic E-state index is 11.7. The van der Waals surface area contributed by atoms with Crippen LogP contribution in [0.5, 0.6) is 0 Å². The lowest BCUT2D eigenvalue weighted by molar-refractivity contribution is -0.153. The number of amides is 1. The summed E-state index contributed by atoms with van der Waals surface area (Å²) in [5, 5.41) is 9.90. The minimum Gasteiger partial charge on any atom is -0.464 e. The predicted octanol–water partition coefficient (Wildman–Crippen LogP) is 0.806. The van der Waals surface area contributed by atoms with Gasteiger partial charge in [-0.3, -0.25) is 4.79 Å². The van der Waals surface area contributed by atoms with E-state index in [1.807, 2.05) is 0 Å². The highest BCUT2D eigenvalue weighted by atomic mass is 32.2. The van der Waals surface area contributed by atoms with Crippen molar-refractivity contribution < 1.29 is 27.9 Å². The first-order chi connectivity index (χ1) is 11.2. The molecule has 0 spiro atoms. The van der Waals surface area contributed by atoms with E-state index >= 15 is 0 Å². The van der Waals surface area contributed by atoms with E-state index in [-0.39, 0.29) is 17.5 Å². The van der Waals surface area contributed by atoms with Gasteiger partial charge in [-0.15, -0.1) is 0 Å². The molecule has 1 aliphatic rings. The van der Waals surface area contributed by atoms with Gasteiger partial charge in [0.2, 0.25) is 10.0 Å². The zero-order chi connectivity index (χ0) is 17.9. The lowest BCUT2D eigenvalue weighted by atomic mass is 10.1. The molecule has 1 N–H and O–H groups in total. The Morgan fingerprint density at radius 3 is 2.58 bits per heavy atom. The summed E-state index contributed by atoms with van der Waals surface area (Å²) in [4.78, 5) is 27.3. The Kier molecular flexibility index (Phi) is 5.62. The first kappa shape index (κ1) is 18.4. The third kappa shape index (κ3) is 4.13. The van der Waals surface area contributed by atoms with Gasteiger partial charge in [-0.2, -0.15) is 4.31 Å².